The molecule has 1 aromatic rings. The predicted molar refractivity (Wildman–Crippen MR) is 82.3 cm³/mol. The number of rotatable bonds is 10. The molecule has 1 rings (SSSR count). The highest BCUT2D eigenvalue weighted by Gasteiger charge is 2.14. The van der Waals surface area contributed by atoms with Gasteiger partial charge in [-0.05, 0) is 19.4 Å². The zero-order valence-electron chi connectivity index (χ0n) is 12.8. The summed E-state index contributed by atoms with van der Waals surface area (Å²) in [5.74, 6) is -1.72. The molecule has 0 bridgehead atoms. The number of nitrogens with zero attached hydrogens (tertiary/aromatic N) is 2. The maximum atomic E-state index is 13.5. The Hall–Kier alpha value is -2.16. The summed E-state index contributed by atoms with van der Waals surface area (Å²) < 4.78 is 26.7. The van der Waals surface area contributed by atoms with Gasteiger partial charge in [0.1, 0.15) is 13.3 Å². The monoisotopic (exact) mass is 330 g/mol. The summed E-state index contributed by atoms with van der Waals surface area (Å²) in [5.41, 5.74) is -0.820. The molecule has 0 aromatic carbocycles. The van der Waals surface area contributed by atoms with E-state index in [1.54, 1.807) is 6.92 Å². The molecular weight excluding hydrogens is 310 g/mol. The Labute approximate surface area is 132 Å². The minimum Gasteiger partial charge on any atom is -0.324 e. The van der Waals surface area contributed by atoms with E-state index in [4.69, 9.17) is 0 Å². The highest BCUT2D eigenvalue weighted by Crippen LogP contribution is 2.12. The second kappa shape index (κ2) is 9.78. The van der Waals surface area contributed by atoms with Crippen LogP contribution in [0.2, 0.25) is 0 Å². The molecule has 1 heterocycles. The second-order valence-corrected chi connectivity index (χ2v) is 5.08. The van der Waals surface area contributed by atoms with Crippen LogP contribution in [-0.2, 0) is 11.3 Å². The van der Waals surface area contributed by atoms with E-state index in [9.17, 15) is 23.3 Å². The molecule has 1 aromatic heterocycles. The molecule has 2 N–H and O–H groups in total. The molecule has 7 nitrogen and oxygen atoms in total. The lowest BCUT2D eigenvalue weighted by Crippen LogP contribution is -2.26. The number of amides is 1. The lowest BCUT2D eigenvalue weighted by atomic mass is 10.0. The van der Waals surface area contributed by atoms with Gasteiger partial charge in [0.05, 0.1) is 12.2 Å². The molecule has 0 spiro atoms. The molecule has 1 unspecified atom stereocenters. The summed E-state index contributed by atoms with van der Waals surface area (Å²) in [5, 5.41) is 7.94. The maximum absolute atomic E-state index is 13.5. The van der Waals surface area contributed by atoms with Crippen LogP contribution < -0.4 is 16.2 Å². The highest BCUT2D eigenvalue weighted by atomic mass is 19.1. The van der Waals surface area contributed by atoms with Crippen LogP contribution in [0.25, 0.3) is 0 Å². The minimum absolute atomic E-state index is 0.0238. The third kappa shape index (κ3) is 6.23. The van der Waals surface area contributed by atoms with Gasteiger partial charge in [-0.15, -0.1) is 4.91 Å². The molecule has 0 saturated carbocycles. The molecule has 0 saturated heterocycles. The number of anilines is 1. The third-order valence-corrected chi connectivity index (χ3v) is 3.25. The normalized spacial score (nSPS) is 12.0. The number of halogens is 2. The molecule has 0 fully saturated rings. The Balaban J connectivity index is 2.59. The van der Waals surface area contributed by atoms with Gasteiger partial charge in [-0.3, -0.25) is 14.9 Å². The summed E-state index contributed by atoms with van der Waals surface area (Å²) in [4.78, 5) is 33.3. The van der Waals surface area contributed by atoms with Crippen LogP contribution in [0.5, 0.6) is 0 Å². The number of aryl methyl sites for hydroxylation is 1. The minimum atomic E-state index is -1.05. The van der Waals surface area contributed by atoms with Crippen molar-refractivity contribution in [3.8, 4) is 0 Å². The standard InChI is InChI=1S/C14H20F2N4O3/c1-10(3-2-5-17-9-18-23)13(21)19-11-7-12(16)14(22)20(8-11)6-4-15/h7-8,10,17H,2-6,9H2,1H3,(H,19,21). The van der Waals surface area contributed by atoms with Crippen LogP contribution in [0.3, 0.4) is 0 Å². The fraction of sp³-hybridized carbons (Fsp3) is 0.571. The van der Waals surface area contributed by atoms with Crippen molar-refractivity contribution in [3.05, 3.63) is 33.3 Å². The summed E-state index contributed by atoms with van der Waals surface area (Å²) in [6, 6.07) is 0.916. The van der Waals surface area contributed by atoms with Crippen molar-refractivity contribution in [2.24, 2.45) is 11.1 Å². The Kier molecular flexibility index (Phi) is 8.03. The van der Waals surface area contributed by atoms with Gasteiger partial charge in [0.15, 0.2) is 5.82 Å². The summed E-state index contributed by atoms with van der Waals surface area (Å²) in [6.07, 6.45) is 2.44. The smallest absolute Gasteiger partial charge is 0.286 e. The van der Waals surface area contributed by atoms with Crippen molar-refractivity contribution in [3.63, 3.8) is 0 Å². The van der Waals surface area contributed by atoms with E-state index in [1.807, 2.05) is 0 Å². The van der Waals surface area contributed by atoms with Crippen LogP contribution >= 0.6 is 0 Å². The molecule has 9 heteroatoms. The first kappa shape index (κ1) is 18.9. The van der Waals surface area contributed by atoms with E-state index in [0.29, 0.717) is 19.4 Å². The largest absolute Gasteiger partial charge is 0.324 e. The molecule has 1 atom stereocenters. The number of nitroso groups, excluding NO2 is 1. The van der Waals surface area contributed by atoms with Crippen molar-refractivity contribution in [2.45, 2.75) is 26.3 Å². The number of aromatic nitrogens is 1. The number of pyridine rings is 1. The Morgan fingerprint density at radius 3 is 2.87 bits per heavy atom. The number of carbonyl (C=O) groups is 1. The van der Waals surface area contributed by atoms with E-state index < -0.39 is 18.1 Å². The quantitative estimate of drug-likeness (QED) is 0.504. The number of hydrogen-bond donors (Lipinski definition) is 2. The van der Waals surface area contributed by atoms with Crippen LogP contribution in [0.1, 0.15) is 19.8 Å². The fourth-order valence-electron chi connectivity index (χ4n) is 1.98. The molecule has 128 valence electrons. The number of alkyl halides is 1. The highest BCUT2D eigenvalue weighted by molar-refractivity contribution is 5.92. The fourth-order valence-corrected chi connectivity index (χ4v) is 1.98. The molecule has 0 radical (unpaired) electrons. The van der Waals surface area contributed by atoms with Crippen molar-refractivity contribution in [1.82, 2.24) is 9.88 Å². The van der Waals surface area contributed by atoms with E-state index in [1.165, 1.54) is 6.20 Å². The third-order valence-electron chi connectivity index (χ3n) is 3.25. The molecule has 0 aliphatic heterocycles. The van der Waals surface area contributed by atoms with Gasteiger partial charge < -0.3 is 9.88 Å². The van der Waals surface area contributed by atoms with Crippen LogP contribution in [0.4, 0.5) is 14.5 Å². The van der Waals surface area contributed by atoms with Crippen molar-refractivity contribution >= 4 is 11.6 Å². The van der Waals surface area contributed by atoms with E-state index in [0.717, 1.165) is 10.6 Å². The molecule has 1 amide bonds. The zero-order chi connectivity index (χ0) is 17.2. The SMILES string of the molecule is CC(CCCNCN=O)C(=O)Nc1cc(F)c(=O)n(CCF)c1. The summed E-state index contributed by atoms with van der Waals surface area (Å²) in [6.45, 7) is 1.21. The van der Waals surface area contributed by atoms with Gasteiger partial charge in [0.25, 0.3) is 5.56 Å². The number of carbonyl (C=O) groups excluding carboxylic acids is 1. The summed E-state index contributed by atoms with van der Waals surface area (Å²) in [7, 11) is 0. The zero-order valence-corrected chi connectivity index (χ0v) is 12.8. The van der Waals surface area contributed by atoms with Crippen LogP contribution in [-0.4, -0.2) is 30.4 Å². The van der Waals surface area contributed by atoms with Crippen molar-refractivity contribution in [2.75, 3.05) is 25.2 Å². The average Bonchev–Trinajstić information content (AvgIpc) is 2.51. The van der Waals surface area contributed by atoms with Gasteiger partial charge in [-0.1, -0.05) is 12.1 Å². The van der Waals surface area contributed by atoms with Crippen molar-refractivity contribution < 1.29 is 13.6 Å². The second-order valence-electron chi connectivity index (χ2n) is 5.08. The molecule has 23 heavy (non-hydrogen) atoms. The van der Waals surface area contributed by atoms with E-state index >= 15 is 0 Å². The summed E-state index contributed by atoms with van der Waals surface area (Å²) >= 11 is 0. The Morgan fingerprint density at radius 2 is 2.22 bits per heavy atom. The maximum Gasteiger partial charge on any atom is 0.286 e. The topological polar surface area (TPSA) is 92.6 Å². The first-order valence-corrected chi connectivity index (χ1v) is 7.26. The number of nitrogens with one attached hydrogen (secondary N) is 2. The first-order valence-electron chi connectivity index (χ1n) is 7.26. The van der Waals surface area contributed by atoms with Gasteiger partial charge in [-0.25, -0.2) is 8.78 Å². The number of hydrogen-bond acceptors (Lipinski definition) is 5. The van der Waals surface area contributed by atoms with E-state index in [2.05, 4.69) is 15.8 Å². The first-order chi connectivity index (χ1) is 11.0. The molecule has 0 aliphatic carbocycles. The van der Waals surface area contributed by atoms with Crippen LogP contribution in [0.15, 0.2) is 22.2 Å². The van der Waals surface area contributed by atoms with Crippen molar-refractivity contribution in [1.29, 1.82) is 0 Å². The lowest BCUT2D eigenvalue weighted by Gasteiger charge is -2.13. The molecular formula is C14H20F2N4O3. The van der Waals surface area contributed by atoms with E-state index in [-0.39, 0.29) is 30.7 Å². The Bertz CT molecular complexity index is 592. The lowest BCUT2D eigenvalue weighted by molar-refractivity contribution is -0.119. The molecule has 0 aliphatic rings. The van der Waals surface area contributed by atoms with Gasteiger partial charge in [0.2, 0.25) is 5.91 Å². The van der Waals surface area contributed by atoms with Gasteiger partial charge in [0, 0.05) is 18.2 Å². The average molecular weight is 330 g/mol. The predicted octanol–water partition coefficient (Wildman–Crippen LogP) is 1.63. The Morgan fingerprint density at radius 1 is 1.48 bits per heavy atom. The van der Waals surface area contributed by atoms with Gasteiger partial charge >= 0.3 is 0 Å². The van der Waals surface area contributed by atoms with Gasteiger partial charge in [-0.2, -0.15) is 0 Å². The van der Waals surface area contributed by atoms with Crippen LogP contribution in [0, 0.1) is 16.6 Å².